The van der Waals surface area contributed by atoms with E-state index in [0.717, 1.165) is 34.0 Å². The molecule has 0 radical (unpaired) electrons. The number of nitrogens with two attached hydrogens (primary N) is 1. The Morgan fingerprint density at radius 2 is 1.95 bits per heavy atom. The van der Waals surface area contributed by atoms with Crippen molar-refractivity contribution in [3.8, 4) is 5.75 Å². The van der Waals surface area contributed by atoms with Crippen molar-refractivity contribution in [2.45, 2.75) is 40.2 Å². The summed E-state index contributed by atoms with van der Waals surface area (Å²) in [6.07, 6.45) is 0. The number of aryl methyl sites for hydroxylation is 3. The number of rotatable bonds is 4. The number of hydrogen-bond donors (Lipinski definition) is 1. The lowest BCUT2D eigenvalue weighted by molar-refractivity contribution is 0.290. The van der Waals surface area contributed by atoms with Crippen molar-refractivity contribution in [2.24, 2.45) is 7.05 Å². The summed E-state index contributed by atoms with van der Waals surface area (Å²) in [6.45, 7) is 8.79. The molecule has 20 heavy (non-hydrogen) atoms. The summed E-state index contributed by atoms with van der Waals surface area (Å²) in [5, 5.41) is 4.33. The average molecular weight is 273 g/mol. The van der Waals surface area contributed by atoms with Crippen molar-refractivity contribution < 1.29 is 4.74 Å². The lowest BCUT2D eigenvalue weighted by Crippen LogP contribution is -2.06. The molecule has 108 valence electrons. The van der Waals surface area contributed by atoms with E-state index in [-0.39, 0.29) is 0 Å². The first-order chi connectivity index (χ1) is 9.38. The van der Waals surface area contributed by atoms with Gasteiger partial charge in [0.2, 0.25) is 0 Å². The van der Waals surface area contributed by atoms with E-state index in [1.165, 1.54) is 0 Å². The predicted octanol–water partition coefficient (Wildman–Crippen LogP) is 3.32. The number of nitrogen functional groups attached to an aromatic ring is 1. The van der Waals surface area contributed by atoms with Gasteiger partial charge in [-0.15, -0.1) is 0 Å². The van der Waals surface area contributed by atoms with Crippen LogP contribution in [0.15, 0.2) is 18.2 Å². The zero-order chi connectivity index (χ0) is 14.9. The molecule has 0 saturated heterocycles. The van der Waals surface area contributed by atoms with Gasteiger partial charge < -0.3 is 10.5 Å². The lowest BCUT2D eigenvalue weighted by Gasteiger charge is -2.16. The zero-order valence-electron chi connectivity index (χ0n) is 12.9. The first-order valence-corrected chi connectivity index (χ1v) is 6.90. The standard InChI is InChI=1S/C16H23N3O/c1-10(2)14-8-15(17)11(3)6-16(14)20-9-13-7-12(4)18-19(13)5/h6-8,10H,9,17H2,1-5H3. The van der Waals surface area contributed by atoms with Crippen molar-refractivity contribution >= 4 is 5.69 Å². The van der Waals surface area contributed by atoms with Crippen LogP contribution in [0, 0.1) is 13.8 Å². The Bertz CT molecular complexity index is 614. The number of benzene rings is 1. The molecule has 0 aliphatic rings. The Morgan fingerprint density at radius 1 is 1.25 bits per heavy atom. The molecule has 1 aromatic heterocycles. The minimum Gasteiger partial charge on any atom is -0.487 e. The fraction of sp³-hybridized carbons (Fsp3) is 0.438. The highest BCUT2D eigenvalue weighted by Gasteiger charge is 2.12. The van der Waals surface area contributed by atoms with Gasteiger partial charge in [-0.3, -0.25) is 4.68 Å². The summed E-state index contributed by atoms with van der Waals surface area (Å²) < 4.78 is 7.85. The van der Waals surface area contributed by atoms with Gasteiger partial charge in [0.05, 0.1) is 11.4 Å². The van der Waals surface area contributed by atoms with Gasteiger partial charge in [-0.2, -0.15) is 5.10 Å². The molecule has 0 aliphatic carbocycles. The minimum atomic E-state index is 0.376. The average Bonchev–Trinajstić information content (AvgIpc) is 2.68. The highest BCUT2D eigenvalue weighted by atomic mass is 16.5. The van der Waals surface area contributed by atoms with E-state index < -0.39 is 0 Å². The van der Waals surface area contributed by atoms with E-state index in [1.807, 2.05) is 43.8 Å². The fourth-order valence-corrected chi connectivity index (χ4v) is 2.24. The van der Waals surface area contributed by atoms with Crippen molar-refractivity contribution in [3.63, 3.8) is 0 Å². The van der Waals surface area contributed by atoms with Gasteiger partial charge in [0.15, 0.2) is 0 Å². The monoisotopic (exact) mass is 273 g/mol. The molecule has 0 atom stereocenters. The van der Waals surface area contributed by atoms with Crippen molar-refractivity contribution in [1.82, 2.24) is 9.78 Å². The second-order valence-corrected chi connectivity index (χ2v) is 5.59. The maximum Gasteiger partial charge on any atom is 0.130 e. The largest absolute Gasteiger partial charge is 0.487 e. The third-order valence-electron chi connectivity index (χ3n) is 3.49. The van der Waals surface area contributed by atoms with Crippen LogP contribution in [0.25, 0.3) is 0 Å². The number of nitrogens with zero attached hydrogens (tertiary/aromatic N) is 2. The Hall–Kier alpha value is -1.97. The molecule has 0 saturated carbocycles. The molecule has 4 nitrogen and oxygen atoms in total. The maximum absolute atomic E-state index is 6.00. The van der Waals surface area contributed by atoms with Crippen molar-refractivity contribution in [2.75, 3.05) is 5.73 Å². The molecular weight excluding hydrogens is 250 g/mol. The van der Waals surface area contributed by atoms with E-state index in [4.69, 9.17) is 10.5 Å². The Balaban J connectivity index is 2.24. The summed E-state index contributed by atoms with van der Waals surface area (Å²) in [4.78, 5) is 0. The molecule has 0 amide bonds. The van der Waals surface area contributed by atoms with Crippen LogP contribution in [0.3, 0.4) is 0 Å². The van der Waals surface area contributed by atoms with Gasteiger partial charge in [-0.05, 0) is 49.1 Å². The molecule has 0 unspecified atom stereocenters. The first-order valence-electron chi connectivity index (χ1n) is 6.90. The first kappa shape index (κ1) is 14.4. The molecule has 2 N–H and O–H groups in total. The topological polar surface area (TPSA) is 53.1 Å². The Morgan fingerprint density at radius 3 is 2.50 bits per heavy atom. The van der Waals surface area contributed by atoms with Crippen molar-refractivity contribution in [1.29, 1.82) is 0 Å². The predicted molar refractivity (Wildman–Crippen MR) is 82.0 cm³/mol. The van der Waals surface area contributed by atoms with Crippen LogP contribution in [0.1, 0.15) is 42.3 Å². The summed E-state index contributed by atoms with van der Waals surface area (Å²) >= 11 is 0. The molecular formula is C16H23N3O. The molecule has 0 aliphatic heterocycles. The maximum atomic E-state index is 6.00. The van der Waals surface area contributed by atoms with Crippen LogP contribution >= 0.6 is 0 Å². The molecule has 4 heteroatoms. The van der Waals surface area contributed by atoms with E-state index in [0.29, 0.717) is 12.5 Å². The Labute approximate surface area is 120 Å². The fourth-order valence-electron chi connectivity index (χ4n) is 2.24. The molecule has 2 aromatic rings. The van der Waals surface area contributed by atoms with Crippen LogP contribution in [0.2, 0.25) is 0 Å². The van der Waals surface area contributed by atoms with Crippen LogP contribution in [0.5, 0.6) is 5.75 Å². The second-order valence-electron chi connectivity index (χ2n) is 5.59. The molecule has 2 rings (SSSR count). The molecule has 1 heterocycles. The van der Waals surface area contributed by atoms with Gasteiger partial charge >= 0.3 is 0 Å². The van der Waals surface area contributed by atoms with E-state index in [9.17, 15) is 0 Å². The molecule has 0 spiro atoms. The highest BCUT2D eigenvalue weighted by molar-refractivity contribution is 5.55. The third kappa shape index (κ3) is 2.95. The summed E-state index contributed by atoms with van der Waals surface area (Å²) in [7, 11) is 1.93. The Kier molecular flexibility index (Phi) is 4.02. The number of anilines is 1. The molecule has 0 fully saturated rings. The lowest BCUT2D eigenvalue weighted by atomic mass is 9.99. The number of ether oxygens (including phenoxy) is 1. The van der Waals surface area contributed by atoms with Crippen LogP contribution in [-0.2, 0) is 13.7 Å². The van der Waals surface area contributed by atoms with Gasteiger partial charge in [-0.1, -0.05) is 13.8 Å². The van der Waals surface area contributed by atoms with Crippen LogP contribution in [0.4, 0.5) is 5.69 Å². The molecule has 0 bridgehead atoms. The quantitative estimate of drug-likeness (QED) is 0.869. The normalized spacial score (nSPS) is 11.1. The van der Waals surface area contributed by atoms with Crippen molar-refractivity contribution in [3.05, 3.63) is 40.7 Å². The van der Waals surface area contributed by atoms with E-state index in [2.05, 4.69) is 18.9 Å². The second kappa shape index (κ2) is 5.57. The van der Waals surface area contributed by atoms with Gasteiger partial charge in [0.25, 0.3) is 0 Å². The van der Waals surface area contributed by atoms with Crippen LogP contribution in [-0.4, -0.2) is 9.78 Å². The highest BCUT2D eigenvalue weighted by Crippen LogP contribution is 2.31. The number of hydrogen-bond acceptors (Lipinski definition) is 3. The molecule has 1 aromatic carbocycles. The van der Waals surface area contributed by atoms with Gasteiger partial charge in [-0.25, -0.2) is 0 Å². The summed E-state index contributed by atoms with van der Waals surface area (Å²) in [5.41, 5.74) is 11.1. The number of aromatic nitrogens is 2. The zero-order valence-corrected chi connectivity index (χ0v) is 12.9. The summed E-state index contributed by atoms with van der Waals surface area (Å²) in [6, 6.07) is 6.08. The van der Waals surface area contributed by atoms with Gasteiger partial charge in [0.1, 0.15) is 12.4 Å². The third-order valence-corrected chi connectivity index (χ3v) is 3.49. The van der Waals surface area contributed by atoms with E-state index >= 15 is 0 Å². The minimum absolute atomic E-state index is 0.376. The van der Waals surface area contributed by atoms with Gasteiger partial charge in [0, 0.05) is 12.7 Å². The van der Waals surface area contributed by atoms with Crippen LogP contribution < -0.4 is 10.5 Å². The van der Waals surface area contributed by atoms with E-state index in [1.54, 1.807) is 0 Å². The SMILES string of the molecule is Cc1cc(COc2cc(C)c(N)cc2C(C)C)n(C)n1. The smallest absolute Gasteiger partial charge is 0.130 e. The summed E-state index contributed by atoms with van der Waals surface area (Å²) in [5.74, 6) is 1.28.